The first-order chi connectivity index (χ1) is 16.5. The minimum Gasteiger partial charge on any atom is -0.462 e. The van der Waals surface area contributed by atoms with Gasteiger partial charge in [0.15, 0.2) is 6.04 Å². The summed E-state index contributed by atoms with van der Waals surface area (Å²) in [5.74, 6) is -0.570. The van der Waals surface area contributed by atoms with Crippen LogP contribution in [0.2, 0.25) is 0 Å². The number of benzene rings is 2. The van der Waals surface area contributed by atoms with Crippen LogP contribution in [-0.4, -0.2) is 42.9 Å². The van der Waals surface area contributed by atoms with Gasteiger partial charge in [-0.2, -0.15) is 0 Å². The van der Waals surface area contributed by atoms with Crippen molar-refractivity contribution in [2.24, 2.45) is 4.99 Å². The summed E-state index contributed by atoms with van der Waals surface area (Å²) in [5, 5.41) is 9.05. The van der Waals surface area contributed by atoms with Crippen molar-refractivity contribution < 1.29 is 14.3 Å². The molecule has 1 unspecified atom stereocenters. The van der Waals surface area contributed by atoms with Gasteiger partial charge in [0.25, 0.3) is 5.91 Å². The Bertz CT molecular complexity index is 1220. The Morgan fingerprint density at radius 3 is 2.50 bits per heavy atom. The highest BCUT2D eigenvalue weighted by atomic mass is 32.1. The van der Waals surface area contributed by atoms with Crippen molar-refractivity contribution in [1.82, 2.24) is 5.01 Å². The summed E-state index contributed by atoms with van der Waals surface area (Å²) in [6, 6.07) is 18.4. The summed E-state index contributed by atoms with van der Waals surface area (Å²) in [6.07, 6.45) is 3.29. The highest BCUT2D eigenvalue weighted by Crippen LogP contribution is 2.36. The second-order valence-electron chi connectivity index (χ2n) is 7.62. The maximum Gasteiger partial charge on any atom is 0.341 e. The number of anilines is 2. The molecule has 0 saturated heterocycles. The van der Waals surface area contributed by atoms with Gasteiger partial charge in [0, 0.05) is 23.7 Å². The first-order valence-corrected chi connectivity index (χ1v) is 11.8. The van der Waals surface area contributed by atoms with Crippen LogP contribution in [0.1, 0.15) is 24.2 Å². The van der Waals surface area contributed by atoms with E-state index in [-0.39, 0.29) is 12.5 Å². The number of hydrogen-bond donors (Lipinski definition) is 1. The van der Waals surface area contributed by atoms with Gasteiger partial charge in [0.1, 0.15) is 10.6 Å². The number of nitrogens with one attached hydrogen (secondary N) is 1. The van der Waals surface area contributed by atoms with E-state index in [1.165, 1.54) is 17.7 Å². The summed E-state index contributed by atoms with van der Waals surface area (Å²) in [5.41, 5.74) is 3.85. The molecule has 174 valence electrons. The van der Waals surface area contributed by atoms with Gasteiger partial charge in [-0.1, -0.05) is 48.5 Å². The van der Waals surface area contributed by atoms with Crippen LogP contribution in [0.3, 0.4) is 0 Å². The van der Waals surface area contributed by atoms with E-state index >= 15 is 0 Å². The molecule has 34 heavy (non-hydrogen) atoms. The van der Waals surface area contributed by atoms with Gasteiger partial charge < -0.3 is 10.1 Å². The van der Waals surface area contributed by atoms with Crippen molar-refractivity contribution in [2.45, 2.75) is 19.9 Å². The predicted molar refractivity (Wildman–Crippen MR) is 137 cm³/mol. The van der Waals surface area contributed by atoms with E-state index in [4.69, 9.17) is 4.74 Å². The lowest BCUT2D eigenvalue weighted by atomic mass is 10.0. The average Bonchev–Trinajstić information content (AvgIpc) is 3.28. The Labute approximate surface area is 203 Å². The fourth-order valence-electron chi connectivity index (χ4n) is 3.69. The number of allylic oxidation sites excluding steroid dienone is 1. The maximum atomic E-state index is 13.2. The third-order valence-electron chi connectivity index (χ3n) is 5.46. The third-order valence-corrected chi connectivity index (χ3v) is 6.37. The van der Waals surface area contributed by atoms with E-state index in [0.29, 0.717) is 10.6 Å². The van der Waals surface area contributed by atoms with Crippen molar-refractivity contribution in [3.8, 4) is 11.1 Å². The zero-order chi connectivity index (χ0) is 24.1. The molecule has 0 radical (unpaired) electrons. The number of carbonyl (C=O) groups is 2. The molecule has 1 atom stereocenters. The first kappa shape index (κ1) is 23.3. The lowest BCUT2D eigenvalue weighted by Gasteiger charge is -2.38. The van der Waals surface area contributed by atoms with Gasteiger partial charge in [0.2, 0.25) is 0 Å². The Morgan fingerprint density at radius 2 is 1.82 bits per heavy atom. The van der Waals surface area contributed by atoms with Gasteiger partial charge in [0.05, 0.1) is 18.6 Å². The summed E-state index contributed by atoms with van der Waals surface area (Å²) in [6.45, 7) is 3.99. The molecule has 1 aromatic heterocycles. The van der Waals surface area contributed by atoms with Crippen LogP contribution in [0, 0.1) is 0 Å². The van der Waals surface area contributed by atoms with Crippen LogP contribution >= 0.6 is 11.3 Å². The van der Waals surface area contributed by atoms with Gasteiger partial charge in [-0.05, 0) is 37.6 Å². The number of nitrogens with zero attached hydrogens (tertiary/aromatic N) is 3. The SMILES string of the molecule is CCOC(=O)c1c(-c2ccccc2)csc1NC=NC1C=C(C)N(C)N(c2ccccc2)C1=O. The zero-order valence-corrected chi connectivity index (χ0v) is 20.1. The molecule has 0 fully saturated rings. The van der Waals surface area contributed by atoms with Gasteiger partial charge >= 0.3 is 5.97 Å². The molecule has 0 aliphatic carbocycles. The molecule has 7 nitrogen and oxygen atoms in total. The Morgan fingerprint density at radius 1 is 1.15 bits per heavy atom. The van der Waals surface area contributed by atoms with Gasteiger partial charge in [-0.3, -0.25) is 14.8 Å². The number of ether oxygens (including phenoxy) is 1. The van der Waals surface area contributed by atoms with Crippen molar-refractivity contribution >= 4 is 40.2 Å². The standard InChI is InChI=1S/C26H26N4O3S/c1-4-33-26(32)23-21(19-11-7-5-8-12-19)16-34-24(23)28-17-27-22-15-18(2)29(3)30(25(22)31)20-13-9-6-10-14-20/h5-17,22H,4H2,1-3H3,(H,27,28). The van der Waals surface area contributed by atoms with E-state index in [1.807, 2.05) is 86.1 Å². The lowest BCUT2D eigenvalue weighted by Crippen LogP contribution is -2.51. The number of thiophene rings is 1. The number of para-hydroxylation sites is 1. The monoisotopic (exact) mass is 474 g/mol. The van der Waals surface area contributed by atoms with E-state index < -0.39 is 12.0 Å². The van der Waals surface area contributed by atoms with E-state index in [0.717, 1.165) is 22.5 Å². The minimum atomic E-state index is -0.691. The molecule has 2 heterocycles. The van der Waals surface area contributed by atoms with Crippen molar-refractivity contribution in [2.75, 3.05) is 24.0 Å². The molecule has 1 amide bonds. The molecular formula is C26H26N4O3S. The second-order valence-corrected chi connectivity index (χ2v) is 8.50. The molecule has 2 aromatic carbocycles. The van der Waals surface area contributed by atoms with Crippen LogP contribution in [0.25, 0.3) is 11.1 Å². The van der Waals surface area contributed by atoms with E-state index in [2.05, 4.69) is 10.3 Å². The number of esters is 1. The fraction of sp³-hybridized carbons (Fsp3) is 0.192. The predicted octanol–water partition coefficient (Wildman–Crippen LogP) is 5.20. The number of hydrogen-bond acceptors (Lipinski definition) is 6. The smallest absolute Gasteiger partial charge is 0.341 e. The van der Waals surface area contributed by atoms with Crippen LogP contribution in [0.5, 0.6) is 0 Å². The molecule has 4 rings (SSSR count). The van der Waals surface area contributed by atoms with Crippen molar-refractivity contribution in [3.05, 3.63) is 83.4 Å². The quantitative estimate of drug-likeness (QED) is 0.290. The van der Waals surface area contributed by atoms with Gasteiger partial charge in [-0.25, -0.2) is 9.80 Å². The van der Waals surface area contributed by atoms with Crippen molar-refractivity contribution in [1.29, 1.82) is 0 Å². The average molecular weight is 475 g/mol. The number of rotatable bonds is 7. The molecule has 0 spiro atoms. The largest absolute Gasteiger partial charge is 0.462 e. The van der Waals surface area contributed by atoms with E-state index in [9.17, 15) is 9.59 Å². The number of hydrazine groups is 1. The number of aliphatic imine (C=N–C) groups is 1. The summed E-state index contributed by atoms with van der Waals surface area (Å²) < 4.78 is 5.30. The first-order valence-electron chi connectivity index (χ1n) is 10.9. The highest BCUT2D eigenvalue weighted by molar-refractivity contribution is 7.15. The molecule has 3 aromatic rings. The molecule has 1 aliphatic heterocycles. The summed E-state index contributed by atoms with van der Waals surface area (Å²) >= 11 is 1.39. The molecule has 1 aliphatic rings. The summed E-state index contributed by atoms with van der Waals surface area (Å²) in [7, 11) is 1.84. The Kier molecular flexibility index (Phi) is 7.08. The van der Waals surface area contributed by atoms with Gasteiger partial charge in [-0.15, -0.1) is 11.3 Å². The topological polar surface area (TPSA) is 74.2 Å². The second kappa shape index (κ2) is 10.4. The Balaban J connectivity index is 1.59. The molecule has 1 N–H and O–H groups in total. The highest BCUT2D eigenvalue weighted by Gasteiger charge is 2.31. The van der Waals surface area contributed by atoms with Crippen molar-refractivity contribution in [3.63, 3.8) is 0 Å². The normalized spacial score (nSPS) is 16.0. The Hall–Kier alpha value is -3.91. The molecule has 0 bridgehead atoms. The summed E-state index contributed by atoms with van der Waals surface area (Å²) in [4.78, 5) is 30.4. The third kappa shape index (κ3) is 4.72. The van der Waals surface area contributed by atoms with Crippen LogP contribution in [0.4, 0.5) is 10.7 Å². The lowest BCUT2D eigenvalue weighted by molar-refractivity contribution is -0.121. The number of carbonyl (C=O) groups excluding carboxylic acids is 2. The maximum absolute atomic E-state index is 13.2. The fourth-order valence-corrected chi connectivity index (χ4v) is 4.61. The molecular weight excluding hydrogens is 448 g/mol. The molecule has 8 heteroatoms. The zero-order valence-electron chi connectivity index (χ0n) is 19.3. The molecule has 0 saturated carbocycles. The minimum absolute atomic E-state index is 0.167. The van der Waals surface area contributed by atoms with E-state index in [1.54, 1.807) is 16.9 Å². The van der Waals surface area contributed by atoms with Crippen LogP contribution < -0.4 is 10.3 Å². The number of amides is 1. The van der Waals surface area contributed by atoms with Crippen LogP contribution in [-0.2, 0) is 9.53 Å². The van der Waals surface area contributed by atoms with Crippen LogP contribution in [0.15, 0.2) is 82.8 Å².